The molecule has 3 heterocycles. The van der Waals surface area contributed by atoms with E-state index < -0.39 is 27.4 Å². The van der Waals surface area contributed by atoms with Crippen LogP contribution in [-0.4, -0.2) is 69.6 Å². The number of benzene rings is 1. The molecule has 1 aromatic carbocycles. The first kappa shape index (κ1) is 31.4. The molecule has 3 aliphatic rings. The molecule has 0 radical (unpaired) electrons. The van der Waals surface area contributed by atoms with E-state index in [0.717, 1.165) is 48.9 Å². The number of ether oxygens (including phenoxy) is 1. The first-order valence-electron chi connectivity index (χ1n) is 15.0. The van der Waals surface area contributed by atoms with Crippen molar-refractivity contribution in [1.29, 1.82) is 0 Å². The lowest BCUT2D eigenvalue weighted by Gasteiger charge is -2.37. The van der Waals surface area contributed by atoms with E-state index in [4.69, 9.17) is 4.74 Å². The van der Waals surface area contributed by atoms with Gasteiger partial charge in [0.2, 0.25) is 5.91 Å². The number of aliphatic hydroxyl groups excluding tert-OH is 1. The minimum absolute atomic E-state index is 0.0948. The quantitative estimate of drug-likeness (QED) is 0.170. The van der Waals surface area contributed by atoms with Gasteiger partial charge >= 0.3 is 5.97 Å². The third kappa shape index (κ3) is 5.87. The lowest BCUT2D eigenvalue weighted by Crippen LogP contribution is -2.55. The molecule has 4 rings (SSSR count). The maximum atomic E-state index is 14.7. The highest BCUT2D eigenvalue weighted by molar-refractivity contribution is 8.02. The van der Waals surface area contributed by atoms with Crippen LogP contribution in [0.5, 0.6) is 0 Å². The summed E-state index contributed by atoms with van der Waals surface area (Å²) in [6.45, 7) is 14.9. The molecule has 1 spiro atoms. The Hall–Kier alpha value is -2.58. The molecule has 8 heteroatoms. The molecule has 224 valence electrons. The Morgan fingerprint density at radius 2 is 1.93 bits per heavy atom. The van der Waals surface area contributed by atoms with E-state index in [1.165, 1.54) is 0 Å². The molecule has 41 heavy (non-hydrogen) atoms. The van der Waals surface area contributed by atoms with Crippen molar-refractivity contribution < 1.29 is 24.2 Å². The summed E-state index contributed by atoms with van der Waals surface area (Å²) in [5.74, 6) is -1.73. The maximum absolute atomic E-state index is 14.7. The first-order valence-corrected chi connectivity index (χ1v) is 15.9. The van der Waals surface area contributed by atoms with Gasteiger partial charge in [0, 0.05) is 30.1 Å². The fourth-order valence-corrected chi connectivity index (χ4v) is 9.46. The molecule has 0 aliphatic carbocycles. The molecule has 0 aromatic heterocycles. The molecular weight excluding hydrogens is 536 g/mol. The summed E-state index contributed by atoms with van der Waals surface area (Å²) in [4.78, 5) is 46.2. The van der Waals surface area contributed by atoms with Gasteiger partial charge in [0.05, 0.1) is 23.2 Å². The summed E-state index contributed by atoms with van der Waals surface area (Å²) in [5.41, 5.74) is 2.85. The van der Waals surface area contributed by atoms with Gasteiger partial charge in [-0.15, -0.1) is 24.9 Å². The second-order valence-electron chi connectivity index (χ2n) is 12.0. The lowest BCUT2D eigenvalue weighted by molar-refractivity contribution is -0.155. The second kappa shape index (κ2) is 13.2. The van der Waals surface area contributed by atoms with Gasteiger partial charge in [-0.3, -0.25) is 14.4 Å². The molecule has 3 fully saturated rings. The van der Waals surface area contributed by atoms with Crippen LogP contribution < -0.4 is 4.90 Å². The number of rotatable bonds is 15. The van der Waals surface area contributed by atoms with Crippen molar-refractivity contribution in [3.8, 4) is 0 Å². The Balaban J connectivity index is 1.70. The number of amides is 2. The van der Waals surface area contributed by atoms with Crippen molar-refractivity contribution in [3.05, 3.63) is 54.6 Å². The lowest BCUT2D eigenvalue weighted by atomic mass is 9.66. The zero-order valence-electron chi connectivity index (χ0n) is 24.9. The van der Waals surface area contributed by atoms with Crippen molar-refractivity contribution in [2.24, 2.45) is 11.8 Å². The highest BCUT2D eigenvalue weighted by atomic mass is 32.2. The Labute approximate surface area is 249 Å². The standard InChI is InChI=1S/C33H46N2O5S/c1-6-8-9-13-21-40-31(39)27-26-29(37)35(19-11-10-12-20-36)28(33(26)17-16-32(27,5)41-33)30(38)34(18-7-2)25-22-23(3)14-15-24(25)4/h6-7,14-15,22,26-28,36H,1-2,8-13,16-21H2,3-5H3/t26-,27-,28?,32+,33?/m0/s1. The van der Waals surface area contributed by atoms with E-state index in [9.17, 15) is 19.5 Å². The molecule has 2 unspecified atom stereocenters. The SMILES string of the molecule is C=CCCCCOC(=O)[C@@H]1[C@H]2C(=O)N(CCCCCO)C(C(=O)N(CC=C)c3cc(C)ccc3C)C23CC[C@@]1(C)S3. The molecule has 1 aromatic rings. The summed E-state index contributed by atoms with van der Waals surface area (Å²) in [5, 5.41) is 9.31. The number of fused-ring (bicyclic) bond motifs is 1. The van der Waals surface area contributed by atoms with Crippen molar-refractivity contribution in [2.75, 3.05) is 31.2 Å². The summed E-state index contributed by atoms with van der Waals surface area (Å²) < 4.78 is 4.63. The smallest absolute Gasteiger partial charge is 0.311 e. The molecule has 7 nitrogen and oxygen atoms in total. The number of hydrogen-bond acceptors (Lipinski definition) is 6. The molecule has 3 aliphatic heterocycles. The Morgan fingerprint density at radius 1 is 1.15 bits per heavy atom. The number of hydrogen-bond donors (Lipinski definition) is 1. The van der Waals surface area contributed by atoms with E-state index >= 15 is 0 Å². The normalized spacial score (nSPS) is 28.0. The number of nitrogens with zero attached hydrogens (tertiary/aromatic N) is 2. The molecule has 5 atom stereocenters. The summed E-state index contributed by atoms with van der Waals surface area (Å²) in [6, 6.07) is 5.37. The van der Waals surface area contributed by atoms with Gasteiger partial charge < -0.3 is 19.6 Å². The number of aryl methyl sites for hydroxylation is 2. The number of esters is 1. The molecule has 2 amide bonds. The predicted octanol–water partition coefficient (Wildman–Crippen LogP) is 5.37. The second-order valence-corrected chi connectivity index (χ2v) is 13.9. The fourth-order valence-electron chi connectivity index (χ4n) is 7.12. The van der Waals surface area contributed by atoms with Crippen LogP contribution in [0.4, 0.5) is 5.69 Å². The molecule has 3 saturated heterocycles. The van der Waals surface area contributed by atoms with Crippen LogP contribution >= 0.6 is 11.8 Å². The third-order valence-corrected chi connectivity index (χ3v) is 11.1. The maximum Gasteiger partial charge on any atom is 0.311 e. The molecule has 0 saturated carbocycles. The Kier molecular flexibility index (Phi) is 10.1. The van der Waals surface area contributed by atoms with Crippen molar-refractivity contribution in [1.82, 2.24) is 4.90 Å². The van der Waals surface area contributed by atoms with Crippen LogP contribution in [0.15, 0.2) is 43.5 Å². The Bertz CT molecular complexity index is 1170. The highest BCUT2D eigenvalue weighted by Crippen LogP contribution is 2.71. The number of likely N-dealkylation sites (tertiary alicyclic amines) is 1. The fraction of sp³-hybridized carbons (Fsp3) is 0.606. The summed E-state index contributed by atoms with van der Waals surface area (Å²) >= 11 is 1.67. The number of thioether (sulfide) groups is 1. The van der Waals surface area contributed by atoms with Crippen LogP contribution in [0.3, 0.4) is 0 Å². The van der Waals surface area contributed by atoms with Crippen LogP contribution in [-0.2, 0) is 19.1 Å². The van der Waals surface area contributed by atoms with Crippen LogP contribution in [0.2, 0.25) is 0 Å². The average Bonchev–Trinajstić information content (AvgIpc) is 3.51. The summed E-state index contributed by atoms with van der Waals surface area (Å²) in [7, 11) is 0. The number of aliphatic hydroxyl groups is 1. The van der Waals surface area contributed by atoms with Gasteiger partial charge in [0.1, 0.15) is 6.04 Å². The van der Waals surface area contributed by atoms with Gasteiger partial charge in [-0.05, 0) is 89.3 Å². The molecule has 1 N–H and O–H groups in total. The van der Waals surface area contributed by atoms with Crippen LogP contribution in [0, 0.1) is 25.7 Å². The van der Waals surface area contributed by atoms with Crippen LogP contribution in [0.1, 0.15) is 69.4 Å². The average molecular weight is 583 g/mol. The van der Waals surface area contributed by atoms with Gasteiger partial charge in [-0.1, -0.05) is 24.3 Å². The van der Waals surface area contributed by atoms with E-state index in [1.54, 1.807) is 27.6 Å². The number of allylic oxidation sites excluding steroid dienone is 1. The van der Waals surface area contributed by atoms with Crippen molar-refractivity contribution in [3.63, 3.8) is 0 Å². The zero-order valence-corrected chi connectivity index (χ0v) is 25.7. The van der Waals surface area contributed by atoms with E-state index in [2.05, 4.69) is 20.1 Å². The first-order chi connectivity index (χ1) is 19.6. The van der Waals surface area contributed by atoms with Crippen molar-refractivity contribution >= 4 is 35.2 Å². The Morgan fingerprint density at radius 3 is 2.63 bits per heavy atom. The van der Waals surface area contributed by atoms with Crippen molar-refractivity contribution in [2.45, 2.75) is 87.7 Å². The number of unbranched alkanes of at least 4 members (excludes halogenated alkanes) is 4. The molecular formula is C33H46N2O5S. The van der Waals surface area contributed by atoms with E-state index in [1.807, 2.05) is 38.1 Å². The highest BCUT2D eigenvalue weighted by Gasteiger charge is 2.77. The predicted molar refractivity (Wildman–Crippen MR) is 165 cm³/mol. The van der Waals surface area contributed by atoms with Gasteiger partial charge in [-0.25, -0.2) is 0 Å². The van der Waals surface area contributed by atoms with Crippen LogP contribution in [0.25, 0.3) is 0 Å². The van der Waals surface area contributed by atoms with Gasteiger partial charge in [0.15, 0.2) is 0 Å². The number of carbonyl (C=O) groups is 3. The number of carbonyl (C=O) groups excluding carboxylic acids is 3. The van der Waals surface area contributed by atoms with Gasteiger partial charge in [0.25, 0.3) is 5.91 Å². The minimum Gasteiger partial charge on any atom is -0.465 e. The van der Waals surface area contributed by atoms with E-state index in [-0.39, 0.29) is 24.4 Å². The zero-order chi connectivity index (χ0) is 29.8. The topological polar surface area (TPSA) is 87.1 Å². The van der Waals surface area contributed by atoms with E-state index in [0.29, 0.717) is 39.0 Å². The molecule has 2 bridgehead atoms. The third-order valence-electron chi connectivity index (χ3n) is 9.10. The van der Waals surface area contributed by atoms with Gasteiger partial charge in [-0.2, -0.15) is 0 Å². The summed E-state index contributed by atoms with van der Waals surface area (Å²) in [6.07, 6.45) is 9.65. The largest absolute Gasteiger partial charge is 0.465 e. The minimum atomic E-state index is -0.691. The number of anilines is 1. The monoisotopic (exact) mass is 582 g/mol.